The van der Waals surface area contributed by atoms with Gasteiger partial charge in [0.1, 0.15) is 11.5 Å². The minimum Gasteiger partial charge on any atom is -0.494 e. The Morgan fingerprint density at radius 2 is 2.19 bits per heavy atom. The molecule has 0 aliphatic rings. The van der Waals surface area contributed by atoms with Gasteiger partial charge in [0, 0.05) is 5.56 Å². The summed E-state index contributed by atoms with van der Waals surface area (Å²) in [5.74, 6) is 1.11. The zero-order chi connectivity index (χ0) is 15.1. The lowest BCUT2D eigenvalue weighted by atomic mass is 10.2. The Morgan fingerprint density at radius 1 is 1.33 bits per heavy atom. The highest BCUT2D eigenvalue weighted by molar-refractivity contribution is 7.80. The van der Waals surface area contributed by atoms with Gasteiger partial charge in [0.25, 0.3) is 5.91 Å². The van der Waals surface area contributed by atoms with Crippen molar-refractivity contribution in [2.45, 2.75) is 13.5 Å². The molecule has 2 N–H and O–H groups in total. The average Bonchev–Trinajstić information content (AvgIpc) is 2.99. The predicted octanol–water partition coefficient (Wildman–Crippen LogP) is 2.48. The van der Waals surface area contributed by atoms with Crippen molar-refractivity contribution < 1.29 is 13.9 Å². The van der Waals surface area contributed by atoms with Gasteiger partial charge in [-0.05, 0) is 49.5 Å². The van der Waals surface area contributed by atoms with E-state index in [0.29, 0.717) is 24.5 Å². The summed E-state index contributed by atoms with van der Waals surface area (Å²) in [6.07, 6.45) is 1.58. The largest absolute Gasteiger partial charge is 0.494 e. The van der Waals surface area contributed by atoms with E-state index in [9.17, 15) is 4.79 Å². The van der Waals surface area contributed by atoms with Crippen LogP contribution in [0.3, 0.4) is 0 Å². The molecule has 110 valence electrons. The summed E-state index contributed by atoms with van der Waals surface area (Å²) in [4.78, 5) is 12.1. The van der Waals surface area contributed by atoms with Gasteiger partial charge in [-0.3, -0.25) is 10.1 Å². The normalized spacial score (nSPS) is 9.95. The van der Waals surface area contributed by atoms with E-state index >= 15 is 0 Å². The number of carbonyl (C=O) groups excluding carboxylic acids is 1. The molecule has 5 nitrogen and oxygen atoms in total. The van der Waals surface area contributed by atoms with Gasteiger partial charge in [-0.1, -0.05) is 6.07 Å². The molecule has 21 heavy (non-hydrogen) atoms. The fourth-order valence-corrected chi connectivity index (χ4v) is 1.86. The van der Waals surface area contributed by atoms with Crippen LogP contribution in [0.2, 0.25) is 0 Å². The maximum absolute atomic E-state index is 12.1. The number of benzene rings is 1. The van der Waals surface area contributed by atoms with Gasteiger partial charge >= 0.3 is 0 Å². The van der Waals surface area contributed by atoms with Crippen molar-refractivity contribution in [2.24, 2.45) is 0 Å². The molecule has 0 spiro atoms. The number of carbonyl (C=O) groups is 1. The summed E-state index contributed by atoms with van der Waals surface area (Å²) < 4.78 is 10.5. The lowest BCUT2D eigenvalue weighted by Gasteiger charge is -2.09. The Labute approximate surface area is 128 Å². The van der Waals surface area contributed by atoms with E-state index in [1.807, 2.05) is 13.0 Å². The monoisotopic (exact) mass is 304 g/mol. The summed E-state index contributed by atoms with van der Waals surface area (Å²) in [7, 11) is 0. The van der Waals surface area contributed by atoms with Crippen LogP contribution in [0.25, 0.3) is 0 Å². The van der Waals surface area contributed by atoms with Crippen molar-refractivity contribution in [1.82, 2.24) is 10.6 Å². The highest BCUT2D eigenvalue weighted by atomic mass is 32.1. The van der Waals surface area contributed by atoms with Crippen LogP contribution in [0.5, 0.6) is 5.75 Å². The fourth-order valence-electron chi connectivity index (χ4n) is 1.69. The Morgan fingerprint density at radius 3 is 2.90 bits per heavy atom. The molecule has 1 aromatic carbocycles. The lowest BCUT2D eigenvalue weighted by Crippen LogP contribution is -2.38. The third-order valence-electron chi connectivity index (χ3n) is 2.64. The number of hydrogen-bond donors (Lipinski definition) is 2. The molecule has 1 heterocycles. The van der Waals surface area contributed by atoms with Crippen LogP contribution in [-0.2, 0) is 6.54 Å². The standard InChI is InChI=1S/C15H16N2O3S/c1-2-19-12-6-3-5-11(9-12)14(18)17-15(21)16-10-13-7-4-8-20-13/h3-9H,2,10H2,1H3,(H2,16,17,18,21). The van der Waals surface area contributed by atoms with Crippen LogP contribution >= 0.6 is 12.2 Å². The van der Waals surface area contributed by atoms with Crippen LogP contribution in [-0.4, -0.2) is 17.6 Å². The van der Waals surface area contributed by atoms with Gasteiger partial charge < -0.3 is 14.5 Å². The van der Waals surface area contributed by atoms with Crippen molar-refractivity contribution >= 4 is 23.2 Å². The van der Waals surface area contributed by atoms with E-state index in [0.717, 1.165) is 5.76 Å². The minimum atomic E-state index is -0.284. The molecule has 6 heteroatoms. The van der Waals surface area contributed by atoms with E-state index < -0.39 is 0 Å². The molecular weight excluding hydrogens is 288 g/mol. The molecule has 2 rings (SSSR count). The molecule has 0 unspecified atom stereocenters. The van der Waals surface area contributed by atoms with Crippen LogP contribution in [0.4, 0.5) is 0 Å². The van der Waals surface area contributed by atoms with Gasteiger partial charge in [0.2, 0.25) is 0 Å². The SMILES string of the molecule is CCOc1cccc(C(=O)NC(=S)NCc2ccco2)c1. The van der Waals surface area contributed by atoms with E-state index in [2.05, 4.69) is 10.6 Å². The molecule has 0 saturated heterocycles. The van der Waals surface area contributed by atoms with Crippen LogP contribution in [0.15, 0.2) is 47.1 Å². The lowest BCUT2D eigenvalue weighted by molar-refractivity contribution is 0.0976. The predicted molar refractivity (Wildman–Crippen MR) is 83.2 cm³/mol. The topological polar surface area (TPSA) is 63.5 Å². The third kappa shape index (κ3) is 4.61. The van der Waals surface area contributed by atoms with Crippen molar-refractivity contribution in [3.63, 3.8) is 0 Å². The molecule has 0 bridgehead atoms. The maximum atomic E-state index is 12.1. The molecule has 0 atom stereocenters. The molecule has 1 aromatic heterocycles. The summed E-state index contributed by atoms with van der Waals surface area (Å²) in [6.45, 7) is 2.86. The Hall–Kier alpha value is -2.34. The number of nitrogens with one attached hydrogen (secondary N) is 2. The number of furan rings is 1. The van der Waals surface area contributed by atoms with Gasteiger partial charge in [-0.25, -0.2) is 0 Å². The van der Waals surface area contributed by atoms with Crippen LogP contribution in [0.1, 0.15) is 23.0 Å². The summed E-state index contributed by atoms with van der Waals surface area (Å²) >= 11 is 5.07. The number of ether oxygens (including phenoxy) is 1. The molecule has 0 aliphatic heterocycles. The second kappa shape index (κ2) is 7.44. The van der Waals surface area contributed by atoms with E-state index in [-0.39, 0.29) is 11.0 Å². The van der Waals surface area contributed by atoms with Gasteiger partial charge in [-0.2, -0.15) is 0 Å². The van der Waals surface area contributed by atoms with Crippen LogP contribution < -0.4 is 15.4 Å². The van der Waals surface area contributed by atoms with Crippen molar-refractivity contribution in [3.8, 4) is 5.75 Å². The van der Waals surface area contributed by atoms with E-state index in [4.69, 9.17) is 21.4 Å². The molecule has 1 amide bonds. The number of rotatable bonds is 5. The number of thiocarbonyl (C=S) groups is 1. The molecule has 0 fully saturated rings. The third-order valence-corrected chi connectivity index (χ3v) is 2.88. The van der Waals surface area contributed by atoms with Crippen LogP contribution in [0, 0.1) is 0 Å². The first-order valence-corrected chi connectivity index (χ1v) is 6.94. The van der Waals surface area contributed by atoms with Crippen molar-refractivity contribution in [1.29, 1.82) is 0 Å². The highest BCUT2D eigenvalue weighted by Crippen LogP contribution is 2.13. The number of amides is 1. The minimum absolute atomic E-state index is 0.248. The zero-order valence-electron chi connectivity index (χ0n) is 11.6. The molecule has 0 aliphatic carbocycles. The van der Waals surface area contributed by atoms with Gasteiger partial charge in [0.05, 0.1) is 19.4 Å². The molecule has 0 saturated carbocycles. The molecule has 2 aromatic rings. The summed E-state index contributed by atoms with van der Waals surface area (Å²) in [6, 6.07) is 10.6. The van der Waals surface area contributed by atoms with Crippen molar-refractivity contribution in [2.75, 3.05) is 6.61 Å². The Balaban J connectivity index is 1.88. The average molecular weight is 304 g/mol. The highest BCUT2D eigenvalue weighted by Gasteiger charge is 2.09. The zero-order valence-corrected chi connectivity index (χ0v) is 12.4. The fraction of sp³-hybridized carbons (Fsp3) is 0.200. The number of hydrogen-bond acceptors (Lipinski definition) is 4. The van der Waals surface area contributed by atoms with Crippen molar-refractivity contribution in [3.05, 3.63) is 54.0 Å². The second-order valence-electron chi connectivity index (χ2n) is 4.18. The first-order chi connectivity index (χ1) is 10.2. The maximum Gasteiger partial charge on any atom is 0.257 e. The van der Waals surface area contributed by atoms with E-state index in [1.165, 1.54) is 0 Å². The second-order valence-corrected chi connectivity index (χ2v) is 4.59. The summed E-state index contributed by atoms with van der Waals surface area (Å²) in [5.41, 5.74) is 0.489. The van der Waals surface area contributed by atoms with Gasteiger partial charge in [0.15, 0.2) is 5.11 Å². The Kier molecular flexibility index (Phi) is 5.34. The molecular formula is C15H16N2O3S. The smallest absolute Gasteiger partial charge is 0.257 e. The summed E-state index contributed by atoms with van der Waals surface area (Å²) in [5, 5.41) is 5.76. The molecule has 0 radical (unpaired) electrons. The van der Waals surface area contributed by atoms with E-state index in [1.54, 1.807) is 36.6 Å². The Bertz CT molecular complexity index is 611. The first-order valence-electron chi connectivity index (χ1n) is 6.53. The first kappa shape index (κ1) is 15.1. The quantitative estimate of drug-likeness (QED) is 0.831. The van der Waals surface area contributed by atoms with Gasteiger partial charge in [-0.15, -0.1) is 0 Å².